The normalized spacial score (nSPS) is 10.6. The Morgan fingerprint density at radius 1 is 1.29 bits per heavy atom. The fourth-order valence-corrected chi connectivity index (χ4v) is 3.08. The standard InChI is InChI=1S/C16H10F2N2O3S/c1-23-15(22)11-4-9(17)5-13-14(11)20-16(24-13)19-10-3-2-8(7-21)12(18)6-10/h2-7H,1H3,(H,19,20). The zero-order valence-electron chi connectivity index (χ0n) is 12.3. The van der Waals surface area contributed by atoms with Crippen LogP contribution >= 0.6 is 11.3 Å². The average Bonchev–Trinajstić information content (AvgIpc) is 2.95. The Balaban J connectivity index is 2.00. The van der Waals surface area contributed by atoms with Crippen molar-refractivity contribution in [2.45, 2.75) is 0 Å². The van der Waals surface area contributed by atoms with Crippen LogP contribution in [0.4, 0.5) is 19.6 Å². The maximum absolute atomic E-state index is 13.6. The summed E-state index contributed by atoms with van der Waals surface area (Å²) in [5.74, 6) is -1.95. The van der Waals surface area contributed by atoms with Gasteiger partial charge in [-0.25, -0.2) is 18.6 Å². The molecule has 0 saturated heterocycles. The molecule has 0 fully saturated rings. The fraction of sp³-hybridized carbons (Fsp3) is 0.0625. The molecule has 2 aromatic carbocycles. The van der Waals surface area contributed by atoms with Crippen LogP contribution in [0.1, 0.15) is 20.7 Å². The van der Waals surface area contributed by atoms with Gasteiger partial charge in [0, 0.05) is 5.69 Å². The van der Waals surface area contributed by atoms with Crippen LogP contribution in [-0.4, -0.2) is 24.3 Å². The van der Waals surface area contributed by atoms with E-state index in [2.05, 4.69) is 15.0 Å². The number of carbonyl (C=O) groups is 2. The van der Waals surface area contributed by atoms with E-state index in [1.165, 1.54) is 25.3 Å². The molecule has 0 bridgehead atoms. The molecule has 0 atom stereocenters. The Bertz CT molecular complexity index is 956. The van der Waals surface area contributed by atoms with Gasteiger partial charge in [0.2, 0.25) is 0 Å². The number of aromatic nitrogens is 1. The van der Waals surface area contributed by atoms with Crippen LogP contribution in [0.5, 0.6) is 0 Å². The lowest BCUT2D eigenvalue weighted by molar-refractivity contribution is 0.0602. The van der Waals surface area contributed by atoms with Gasteiger partial charge in [0.25, 0.3) is 0 Å². The van der Waals surface area contributed by atoms with Crippen molar-refractivity contribution in [3.8, 4) is 0 Å². The predicted molar refractivity (Wildman–Crippen MR) is 86.0 cm³/mol. The molecule has 0 aliphatic rings. The van der Waals surface area contributed by atoms with Gasteiger partial charge in [-0.1, -0.05) is 11.3 Å². The van der Waals surface area contributed by atoms with Gasteiger partial charge in [-0.15, -0.1) is 0 Å². The molecular formula is C16H10F2N2O3S. The third-order valence-corrected chi connectivity index (χ3v) is 4.16. The quantitative estimate of drug-likeness (QED) is 0.572. The SMILES string of the molecule is COC(=O)c1cc(F)cc2sc(Nc3ccc(C=O)c(F)c3)nc12. The van der Waals surface area contributed by atoms with Crippen molar-refractivity contribution in [3.05, 3.63) is 53.1 Å². The van der Waals surface area contributed by atoms with Crippen LogP contribution in [0, 0.1) is 11.6 Å². The molecule has 5 nitrogen and oxygen atoms in total. The molecule has 0 aliphatic heterocycles. The number of thiazole rings is 1. The zero-order chi connectivity index (χ0) is 17.3. The molecule has 8 heteroatoms. The van der Waals surface area contributed by atoms with Crippen LogP contribution in [0.25, 0.3) is 10.2 Å². The van der Waals surface area contributed by atoms with Gasteiger partial charge in [0.15, 0.2) is 11.4 Å². The number of fused-ring (bicyclic) bond motifs is 1. The number of nitrogens with zero attached hydrogens (tertiary/aromatic N) is 1. The summed E-state index contributed by atoms with van der Waals surface area (Å²) in [5, 5.41) is 3.21. The predicted octanol–water partition coefficient (Wildman–Crippen LogP) is 3.92. The first-order chi connectivity index (χ1) is 11.5. The van der Waals surface area contributed by atoms with Crippen molar-refractivity contribution in [2.24, 2.45) is 0 Å². The average molecular weight is 348 g/mol. The lowest BCUT2D eigenvalue weighted by Crippen LogP contribution is -2.02. The van der Waals surface area contributed by atoms with Gasteiger partial charge in [0.1, 0.15) is 11.6 Å². The van der Waals surface area contributed by atoms with Gasteiger partial charge >= 0.3 is 5.97 Å². The van der Waals surface area contributed by atoms with Crippen molar-refractivity contribution in [3.63, 3.8) is 0 Å². The summed E-state index contributed by atoms with van der Waals surface area (Å²) in [4.78, 5) is 26.6. The lowest BCUT2D eigenvalue weighted by Gasteiger charge is -2.03. The number of nitrogens with one attached hydrogen (secondary N) is 1. The number of ether oxygens (including phenoxy) is 1. The molecule has 0 saturated carbocycles. The molecule has 24 heavy (non-hydrogen) atoms. The van der Waals surface area contributed by atoms with Crippen LogP contribution in [-0.2, 0) is 4.74 Å². The maximum Gasteiger partial charge on any atom is 0.340 e. The minimum absolute atomic E-state index is 0.0132. The van der Waals surface area contributed by atoms with Gasteiger partial charge in [0.05, 0.1) is 28.5 Å². The van der Waals surface area contributed by atoms with Gasteiger partial charge < -0.3 is 10.1 Å². The second-order valence-corrected chi connectivity index (χ2v) is 5.82. The Kier molecular flexibility index (Phi) is 4.22. The minimum atomic E-state index is -0.697. The first-order valence-electron chi connectivity index (χ1n) is 6.72. The highest BCUT2D eigenvalue weighted by atomic mass is 32.1. The van der Waals surface area contributed by atoms with Crippen molar-refractivity contribution in [2.75, 3.05) is 12.4 Å². The first kappa shape index (κ1) is 16.0. The van der Waals surface area contributed by atoms with E-state index >= 15 is 0 Å². The summed E-state index contributed by atoms with van der Waals surface area (Å²) < 4.78 is 32.3. The number of carbonyl (C=O) groups excluding carboxylic acids is 2. The van der Waals surface area contributed by atoms with Crippen molar-refractivity contribution in [1.29, 1.82) is 0 Å². The van der Waals surface area contributed by atoms with Crippen LogP contribution < -0.4 is 5.32 Å². The van der Waals surface area contributed by atoms with E-state index in [1.807, 2.05) is 0 Å². The van der Waals surface area contributed by atoms with E-state index in [4.69, 9.17) is 0 Å². The molecule has 0 aliphatic carbocycles. The number of aldehydes is 1. The Hall–Kier alpha value is -2.87. The van der Waals surface area contributed by atoms with E-state index < -0.39 is 17.6 Å². The molecule has 1 N–H and O–H groups in total. The highest BCUT2D eigenvalue weighted by Gasteiger charge is 2.17. The Morgan fingerprint density at radius 3 is 2.75 bits per heavy atom. The second-order valence-electron chi connectivity index (χ2n) is 4.79. The molecule has 1 heterocycles. The monoisotopic (exact) mass is 348 g/mol. The number of halogens is 2. The summed E-state index contributed by atoms with van der Waals surface area (Å²) in [7, 11) is 1.20. The summed E-state index contributed by atoms with van der Waals surface area (Å²) >= 11 is 1.10. The summed E-state index contributed by atoms with van der Waals surface area (Å²) in [6.45, 7) is 0. The molecule has 122 valence electrons. The van der Waals surface area contributed by atoms with E-state index in [0.717, 1.165) is 23.5 Å². The zero-order valence-corrected chi connectivity index (χ0v) is 13.1. The largest absolute Gasteiger partial charge is 0.465 e. The number of rotatable bonds is 4. The molecule has 1 aromatic heterocycles. The topological polar surface area (TPSA) is 68.3 Å². The molecule has 0 unspecified atom stereocenters. The van der Waals surface area contributed by atoms with E-state index in [-0.39, 0.29) is 11.1 Å². The highest BCUT2D eigenvalue weighted by Crippen LogP contribution is 2.31. The van der Waals surface area contributed by atoms with Gasteiger partial charge in [-0.2, -0.15) is 0 Å². The van der Waals surface area contributed by atoms with Crippen molar-refractivity contribution >= 4 is 44.6 Å². The maximum atomic E-state index is 13.6. The molecule has 0 radical (unpaired) electrons. The number of hydrogen-bond acceptors (Lipinski definition) is 6. The van der Waals surface area contributed by atoms with Crippen LogP contribution in [0.2, 0.25) is 0 Å². The highest BCUT2D eigenvalue weighted by molar-refractivity contribution is 7.22. The lowest BCUT2D eigenvalue weighted by atomic mass is 10.2. The molecular weight excluding hydrogens is 338 g/mol. The minimum Gasteiger partial charge on any atom is -0.465 e. The van der Waals surface area contributed by atoms with E-state index in [1.54, 1.807) is 0 Å². The first-order valence-corrected chi connectivity index (χ1v) is 7.53. The summed E-state index contributed by atoms with van der Waals surface area (Å²) in [6.07, 6.45) is 0.419. The number of methoxy groups -OCH3 is 1. The van der Waals surface area contributed by atoms with Crippen molar-refractivity contribution in [1.82, 2.24) is 4.98 Å². The van der Waals surface area contributed by atoms with Crippen molar-refractivity contribution < 1.29 is 23.1 Å². The third kappa shape index (κ3) is 2.95. The van der Waals surface area contributed by atoms with Crippen LogP contribution in [0.15, 0.2) is 30.3 Å². The summed E-state index contributed by atoms with van der Waals surface area (Å²) in [6, 6.07) is 6.30. The fourth-order valence-electron chi connectivity index (χ4n) is 2.14. The molecule has 3 aromatic rings. The Labute approximate surface area is 138 Å². The van der Waals surface area contributed by atoms with Gasteiger partial charge in [-0.3, -0.25) is 4.79 Å². The number of anilines is 2. The van der Waals surface area contributed by atoms with E-state index in [9.17, 15) is 18.4 Å². The number of esters is 1. The van der Waals surface area contributed by atoms with Crippen LogP contribution in [0.3, 0.4) is 0 Å². The molecule has 0 spiro atoms. The third-order valence-electron chi connectivity index (χ3n) is 3.24. The number of benzene rings is 2. The number of hydrogen-bond donors (Lipinski definition) is 1. The Morgan fingerprint density at radius 2 is 2.08 bits per heavy atom. The summed E-state index contributed by atoms with van der Waals surface area (Å²) in [5.41, 5.74) is 0.622. The van der Waals surface area contributed by atoms with E-state index in [0.29, 0.717) is 27.3 Å². The molecule has 0 amide bonds. The molecule has 3 rings (SSSR count). The smallest absolute Gasteiger partial charge is 0.340 e. The second kappa shape index (κ2) is 6.32. The van der Waals surface area contributed by atoms with Gasteiger partial charge in [-0.05, 0) is 30.3 Å².